The number of phenolic OH excluding ortho intramolecular Hbond substituents is 3. The molecule has 3 N–H and O–H groups in total. The Morgan fingerprint density at radius 3 is 1.62 bits per heavy atom. The second-order valence-electron chi connectivity index (χ2n) is 11.9. The first-order valence-electron chi connectivity index (χ1n) is 15.0. The lowest BCUT2D eigenvalue weighted by Gasteiger charge is -2.35. The van der Waals surface area contributed by atoms with Gasteiger partial charge in [-0.25, -0.2) is 0 Å². The van der Waals surface area contributed by atoms with Gasteiger partial charge in [0.15, 0.2) is 34.5 Å². The van der Waals surface area contributed by atoms with E-state index in [1.54, 1.807) is 20.3 Å². The van der Waals surface area contributed by atoms with Crippen molar-refractivity contribution in [3.63, 3.8) is 0 Å². The number of aromatic hydroxyl groups is 3. The molecular weight excluding hydrogens is 592 g/mol. The van der Waals surface area contributed by atoms with Crippen molar-refractivity contribution in [1.29, 1.82) is 0 Å². The Bertz CT molecular complexity index is 1660. The molecule has 6 rings (SSSR count). The summed E-state index contributed by atoms with van der Waals surface area (Å²) in [5.41, 5.74) is 6.76. The van der Waals surface area contributed by atoms with E-state index in [1.165, 1.54) is 11.1 Å². The van der Waals surface area contributed by atoms with Crippen molar-refractivity contribution < 1.29 is 29.5 Å². The number of fused-ring (bicyclic) bond motifs is 2. The fraction of sp³-hybridized carbons (Fsp3) is 0.333. The van der Waals surface area contributed by atoms with Gasteiger partial charge in [-0.2, -0.15) is 0 Å². The molecule has 238 valence electrons. The average molecular weight is 633 g/mol. The zero-order valence-corrected chi connectivity index (χ0v) is 26.9. The molecule has 0 spiro atoms. The molecule has 2 heterocycles. The van der Waals surface area contributed by atoms with Gasteiger partial charge in [0.1, 0.15) is 5.75 Å². The van der Waals surface area contributed by atoms with E-state index < -0.39 is 0 Å². The Balaban J connectivity index is 0.00000400. The fourth-order valence-electron chi connectivity index (χ4n) is 6.58. The van der Waals surface area contributed by atoms with Crippen LogP contribution < -0.4 is 14.2 Å². The van der Waals surface area contributed by atoms with E-state index >= 15 is 0 Å². The molecule has 8 nitrogen and oxygen atoms in total. The first-order chi connectivity index (χ1) is 21.2. The molecule has 0 unspecified atom stereocenters. The summed E-state index contributed by atoms with van der Waals surface area (Å²) in [5, 5.41) is 31.5. The summed E-state index contributed by atoms with van der Waals surface area (Å²) in [6.07, 6.45) is 3.28. The molecule has 0 aliphatic carbocycles. The van der Waals surface area contributed by atoms with E-state index in [0.29, 0.717) is 29.4 Å². The topological polar surface area (TPSA) is 94.9 Å². The van der Waals surface area contributed by atoms with Crippen molar-refractivity contribution in [2.45, 2.75) is 37.8 Å². The molecule has 0 fully saturated rings. The van der Waals surface area contributed by atoms with Crippen molar-refractivity contribution in [2.75, 3.05) is 41.4 Å². The molecule has 0 bridgehead atoms. The van der Waals surface area contributed by atoms with Crippen molar-refractivity contribution in [2.24, 2.45) is 0 Å². The second kappa shape index (κ2) is 13.5. The lowest BCUT2D eigenvalue weighted by Crippen LogP contribution is -2.33. The van der Waals surface area contributed by atoms with Crippen LogP contribution in [0, 0.1) is 0 Å². The van der Waals surface area contributed by atoms with Crippen LogP contribution in [0.4, 0.5) is 0 Å². The van der Waals surface area contributed by atoms with Gasteiger partial charge in [-0.15, -0.1) is 12.4 Å². The molecule has 0 amide bonds. The number of ether oxygens (including phenoxy) is 3. The van der Waals surface area contributed by atoms with Crippen LogP contribution in [0.5, 0.6) is 40.2 Å². The minimum Gasteiger partial charge on any atom is -0.504 e. The Hall–Kier alpha value is -4.11. The number of likely N-dealkylation sites (N-methyl/N-ethyl adjacent to an activating group) is 2. The van der Waals surface area contributed by atoms with Crippen molar-refractivity contribution in [1.82, 2.24) is 9.80 Å². The predicted molar refractivity (Wildman–Crippen MR) is 177 cm³/mol. The first kappa shape index (κ1) is 32.3. The Labute approximate surface area is 270 Å². The van der Waals surface area contributed by atoms with Gasteiger partial charge in [-0.3, -0.25) is 9.80 Å². The number of rotatable bonds is 8. The first-order valence-corrected chi connectivity index (χ1v) is 15.0. The van der Waals surface area contributed by atoms with Crippen LogP contribution in [0.3, 0.4) is 0 Å². The van der Waals surface area contributed by atoms with Gasteiger partial charge in [0, 0.05) is 25.2 Å². The second-order valence-corrected chi connectivity index (χ2v) is 11.9. The SMILES string of the molecule is COc1cc2c(cc1O)[C@@H](Cc1ccc(O)c(Oc3ccc(C[C@H]4c5cc(O)c(OC)cc5CCN4C)cc3)c1)N(C)CC2.Cl. The molecule has 2 aliphatic rings. The van der Waals surface area contributed by atoms with Crippen LogP contribution in [-0.2, 0) is 25.7 Å². The van der Waals surface area contributed by atoms with Crippen molar-refractivity contribution in [3.8, 4) is 40.2 Å². The summed E-state index contributed by atoms with van der Waals surface area (Å²) < 4.78 is 16.8. The molecule has 9 heteroatoms. The fourth-order valence-corrected chi connectivity index (χ4v) is 6.58. The van der Waals surface area contributed by atoms with Gasteiger partial charge < -0.3 is 29.5 Å². The molecule has 0 saturated carbocycles. The highest BCUT2D eigenvalue weighted by Crippen LogP contribution is 2.41. The summed E-state index contributed by atoms with van der Waals surface area (Å²) in [6.45, 7) is 1.83. The van der Waals surface area contributed by atoms with Gasteiger partial charge >= 0.3 is 0 Å². The van der Waals surface area contributed by atoms with E-state index in [2.05, 4.69) is 36.0 Å². The maximum absolute atomic E-state index is 10.6. The number of methoxy groups -OCH3 is 2. The summed E-state index contributed by atoms with van der Waals surface area (Å²) >= 11 is 0. The summed E-state index contributed by atoms with van der Waals surface area (Å²) in [7, 11) is 7.35. The van der Waals surface area contributed by atoms with Gasteiger partial charge in [-0.1, -0.05) is 18.2 Å². The minimum absolute atomic E-state index is 0. The van der Waals surface area contributed by atoms with Crippen molar-refractivity contribution in [3.05, 3.63) is 100 Å². The molecule has 45 heavy (non-hydrogen) atoms. The van der Waals surface area contributed by atoms with E-state index in [0.717, 1.165) is 54.6 Å². The van der Waals surface area contributed by atoms with E-state index in [1.807, 2.05) is 48.5 Å². The number of halogens is 1. The van der Waals surface area contributed by atoms with Crippen LogP contribution in [0.2, 0.25) is 0 Å². The smallest absolute Gasteiger partial charge is 0.169 e. The highest BCUT2D eigenvalue weighted by molar-refractivity contribution is 5.85. The third-order valence-electron chi connectivity index (χ3n) is 9.16. The average Bonchev–Trinajstić information content (AvgIpc) is 3.02. The monoisotopic (exact) mass is 632 g/mol. The minimum atomic E-state index is 0. The van der Waals surface area contributed by atoms with Crippen LogP contribution in [0.15, 0.2) is 66.7 Å². The van der Waals surface area contributed by atoms with Crippen LogP contribution in [-0.4, -0.2) is 66.5 Å². The summed E-state index contributed by atoms with van der Waals surface area (Å²) in [6, 6.07) is 21.2. The normalized spacial score (nSPS) is 18.0. The molecular formula is C36H41ClN2O6. The third kappa shape index (κ3) is 6.64. The lowest BCUT2D eigenvalue weighted by atomic mass is 9.88. The zero-order valence-electron chi connectivity index (χ0n) is 26.1. The summed E-state index contributed by atoms with van der Waals surface area (Å²) in [4.78, 5) is 4.61. The van der Waals surface area contributed by atoms with E-state index in [-0.39, 0.29) is 41.7 Å². The van der Waals surface area contributed by atoms with E-state index in [4.69, 9.17) is 14.2 Å². The van der Waals surface area contributed by atoms with Crippen LogP contribution in [0.25, 0.3) is 0 Å². The van der Waals surface area contributed by atoms with Gasteiger partial charge in [-0.05, 0) is 122 Å². The van der Waals surface area contributed by atoms with E-state index in [9.17, 15) is 15.3 Å². The predicted octanol–water partition coefficient (Wildman–Crippen LogP) is 6.58. The molecule has 2 aliphatic heterocycles. The highest BCUT2D eigenvalue weighted by Gasteiger charge is 2.28. The zero-order chi connectivity index (χ0) is 31.0. The number of hydrogen-bond donors (Lipinski definition) is 3. The van der Waals surface area contributed by atoms with Crippen molar-refractivity contribution >= 4 is 12.4 Å². The molecule has 2 atom stereocenters. The molecule has 4 aromatic carbocycles. The quantitative estimate of drug-likeness (QED) is 0.201. The summed E-state index contributed by atoms with van der Waals surface area (Å²) in [5.74, 6) is 2.42. The number of nitrogens with zero attached hydrogens (tertiary/aromatic N) is 2. The molecule has 0 radical (unpaired) electrons. The van der Waals surface area contributed by atoms with Gasteiger partial charge in [0.25, 0.3) is 0 Å². The van der Waals surface area contributed by atoms with Crippen LogP contribution in [0.1, 0.15) is 45.5 Å². The number of hydrogen-bond acceptors (Lipinski definition) is 8. The molecule has 0 saturated heterocycles. The van der Waals surface area contributed by atoms with Gasteiger partial charge in [0.2, 0.25) is 0 Å². The van der Waals surface area contributed by atoms with Gasteiger partial charge in [0.05, 0.1) is 14.2 Å². The Kier molecular flexibility index (Phi) is 9.68. The Morgan fingerprint density at radius 2 is 1.11 bits per heavy atom. The maximum atomic E-state index is 10.6. The Morgan fingerprint density at radius 1 is 0.622 bits per heavy atom. The maximum Gasteiger partial charge on any atom is 0.169 e. The number of phenols is 3. The molecule has 4 aromatic rings. The number of benzene rings is 4. The highest BCUT2D eigenvalue weighted by atomic mass is 35.5. The third-order valence-corrected chi connectivity index (χ3v) is 9.16. The molecule has 0 aromatic heterocycles. The largest absolute Gasteiger partial charge is 0.504 e. The standard InChI is InChI=1S/C36H40N2O6.ClH/c1-37-13-11-24-18-34(42-3)32(40)20-27(24)29(37)15-22-5-8-26(9-6-22)44-36-17-23(7-10-31(36)39)16-30-28-21-33(41)35(43-4)19-25(28)12-14-38(30)2;/h5-10,17-21,29-30,39-41H,11-16H2,1-4H3;1H/t29-,30+;/m0./s1. The van der Waals surface area contributed by atoms with Crippen LogP contribution >= 0.6 is 12.4 Å². The lowest BCUT2D eigenvalue weighted by molar-refractivity contribution is 0.228.